The van der Waals surface area contributed by atoms with Gasteiger partial charge in [0.1, 0.15) is 6.54 Å². The first-order chi connectivity index (χ1) is 18.9. The van der Waals surface area contributed by atoms with Crippen LogP contribution in [0.4, 0.5) is 10.5 Å². The molecule has 10 nitrogen and oxygen atoms in total. The van der Waals surface area contributed by atoms with Crippen LogP contribution in [0.3, 0.4) is 0 Å². The van der Waals surface area contributed by atoms with Crippen molar-refractivity contribution in [3.63, 3.8) is 0 Å². The van der Waals surface area contributed by atoms with Crippen molar-refractivity contribution >= 4 is 29.4 Å². The molecule has 0 radical (unpaired) electrons. The minimum atomic E-state index is -0.455. The van der Waals surface area contributed by atoms with E-state index in [-0.39, 0.29) is 56.0 Å². The molecule has 1 saturated carbocycles. The second-order valence-electron chi connectivity index (χ2n) is 10.3. The number of benzene rings is 2. The number of ether oxygens (including phenoxy) is 2. The van der Waals surface area contributed by atoms with Crippen molar-refractivity contribution in [1.82, 2.24) is 15.1 Å². The van der Waals surface area contributed by atoms with Crippen LogP contribution in [0, 0.1) is 12.8 Å². The van der Waals surface area contributed by atoms with E-state index in [4.69, 9.17) is 9.47 Å². The highest BCUT2D eigenvalue weighted by atomic mass is 16.7. The molecule has 2 unspecified atom stereocenters. The molecule has 5 rings (SSSR count). The number of aryl methyl sites for hydroxylation is 1. The number of hydrogen-bond donors (Lipinski definition) is 2. The molecule has 5 amide bonds. The van der Waals surface area contributed by atoms with E-state index in [1.165, 1.54) is 4.90 Å². The lowest BCUT2D eigenvalue weighted by Gasteiger charge is -2.46. The molecule has 2 heterocycles. The van der Waals surface area contributed by atoms with E-state index in [1.807, 2.05) is 43.3 Å². The van der Waals surface area contributed by atoms with E-state index >= 15 is 0 Å². The number of fused-ring (bicyclic) bond motifs is 2. The lowest BCUT2D eigenvalue weighted by Crippen LogP contribution is -2.63. The fraction of sp³-hybridized carbons (Fsp3) is 0.448. The molecule has 206 valence electrons. The summed E-state index contributed by atoms with van der Waals surface area (Å²) in [5.74, 6) is 0.360. The number of nitrogens with zero attached hydrogens (tertiary/aromatic N) is 2. The summed E-state index contributed by atoms with van der Waals surface area (Å²) in [5.41, 5.74) is 2.58. The molecular formula is C29H34N4O6. The number of nitrogens with one attached hydrogen (secondary N) is 2. The lowest BCUT2D eigenvalue weighted by atomic mass is 9.81. The van der Waals surface area contributed by atoms with Crippen molar-refractivity contribution in [3.05, 3.63) is 53.6 Å². The van der Waals surface area contributed by atoms with Gasteiger partial charge in [-0.25, -0.2) is 4.79 Å². The van der Waals surface area contributed by atoms with Gasteiger partial charge in [-0.15, -0.1) is 0 Å². The molecule has 2 aliphatic heterocycles. The van der Waals surface area contributed by atoms with E-state index in [2.05, 4.69) is 10.6 Å². The van der Waals surface area contributed by atoms with E-state index in [9.17, 15) is 19.2 Å². The molecule has 0 spiro atoms. The van der Waals surface area contributed by atoms with Crippen LogP contribution >= 0.6 is 0 Å². The summed E-state index contributed by atoms with van der Waals surface area (Å²) in [4.78, 5) is 54.8. The fourth-order valence-electron chi connectivity index (χ4n) is 5.57. The summed E-state index contributed by atoms with van der Waals surface area (Å²) >= 11 is 0. The largest absolute Gasteiger partial charge is 0.454 e. The van der Waals surface area contributed by atoms with Gasteiger partial charge < -0.3 is 25.0 Å². The highest BCUT2D eigenvalue weighted by Crippen LogP contribution is 2.35. The summed E-state index contributed by atoms with van der Waals surface area (Å²) in [5, 5.41) is 5.74. The quantitative estimate of drug-likeness (QED) is 0.508. The second kappa shape index (κ2) is 11.8. The number of anilines is 1. The van der Waals surface area contributed by atoms with E-state index in [0.717, 1.165) is 24.0 Å². The number of hydrogen-bond acceptors (Lipinski definition) is 6. The van der Waals surface area contributed by atoms with Crippen LogP contribution in [-0.4, -0.2) is 59.5 Å². The molecule has 0 bridgehead atoms. The van der Waals surface area contributed by atoms with Crippen LogP contribution in [0.5, 0.6) is 11.5 Å². The van der Waals surface area contributed by atoms with Gasteiger partial charge in [0.15, 0.2) is 11.5 Å². The first-order valence-corrected chi connectivity index (χ1v) is 13.5. The average Bonchev–Trinajstić information content (AvgIpc) is 3.40. The predicted octanol–water partition coefficient (Wildman–Crippen LogP) is 3.58. The Morgan fingerprint density at radius 2 is 1.82 bits per heavy atom. The molecule has 1 aliphatic carbocycles. The minimum absolute atomic E-state index is 0.117. The Hall–Kier alpha value is -4.08. The summed E-state index contributed by atoms with van der Waals surface area (Å²) in [7, 11) is 0. The highest BCUT2D eigenvalue weighted by Gasteiger charge is 2.47. The second-order valence-corrected chi connectivity index (χ2v) is 10.3. The molecule has 2 aromatic carbocycles. The first-order valence-electron chi connectivity index (χ1n) is 13.5. The maximum atomic E-state index is 13.4. The van der Waals surface area contributed by atoms with Crippen molar-refractivity contribution in [3.8, 4) is 11.5 Å². The smallest absolute Gasteiger partial charge is 0.327 e. The van der Waals surface area contributed by atoms with Crippen molar-refractivity contribution in [2.75, 3.05) is 25.2 Å². The maximum absolute atomic E-state index is 13.4. The van der Waals surface area contributed by atoms with E-state index < -0.39 is 6.03 Å². The van der Waals surface area contributed by atoms with E-state index in [0.29, 0.717) is 43.0 Å². The first kappa shape index (κ1) is 26.5. The molecule has 2 N–H and O–H groups in total. The number of rotatable bonds is 9. The Balaban J connectivity index is 1.16. The molecule has 1 saturated heterocycles. The van der Waals surface area contributed by atoms with Gasteiger partial charge >= 0.3 is 6.03 Å². The number of imide groups is 1. The molecule has 0 aromatic heterocycles. The maximum Gasteiger partial charge on any atom is 0.327 e. The van der Waals surface area contributed by atoms with Gasteiger partial charge in [-0.3, -0.25) is 19.3 Å². The Kier molecular flexibility index (Phi) is 7.99. The molecule has 2 atom stereocenters. The Bertz CT molecular complexity index is 1260. The van der Waals surface area contributed by atoms with Crippen LogP contribution < -0.4 is 20.1 Å². The number of urea groups is 1. The van der Waals surface area contributed by atoms with Crippen LogP contribution in [0.2, 0.25) is 0 Å². The van der Waals surface area contributed by atoms with Crippen LogP contribution in [0.25, 0.3) is 0 Å². The zero-order chi connectivity index (χ0) is 27.4. The van der Waals surface area contributed by atoms with E-state index in [1.54, 1.807) is 11.0 Å². The van der Waals surface area contributed by atoms with Gasteiger partial charge in [0.25, 0.3) is 0 Å². The Labute approximate surface area is 227 Å². The van der Waals surface area contributed by atoms with Crippen molar-refractivity contribution < 1.29 is 28.7 Å². The minimum Gasteiger partial charge on any atom is -0.454 e. The summed E-state index contributed by atoms with van der Waals surface area (Å²) < 4.78 is 10.7. The topological polar surface area (TPSA) is 117 Å². The molecular weight excluding hydrogens is 500 g/mol. The molecule has 10 heteroatoms. The monoisotopic (exact) mass is 534 g/mol. The highest BCUT2D eigenvalue weighted by molar-refractivity contribution is 6.01. The lowest BCUT2D eigenvalue weighted by molar-refractivity contribution is -0.142. The average molecular weight is 535 g/mol. The van der Waals surface area contributed by atoms with Crippen LogP contribution in [0.1, 0.15) is 49.7 Å². The summed E-state index contributed by atoms with van der Waals surface area (Å²) in [6, 6.07) is 12.2. The van der Waals surface area contributed by atoms with Gasteiger partial charge in [-0.1, -0.05) is 31.0 Å². The summed E-state index contributed by atoms with van der Waals surface area (Å²) in [6.45, 7) is 2.49. The van der Waals surface area contributed by atoms with Crippen LogP contribution in [0.15, 0.2) is 42.5 Å². The third kappa shape index (κ3) is 6.16. The fourth-order valence-corrected chi connectivity index (χ4v) is 5.57. The van der Waals surface area contributed by atoms with Gasteiger partial charge in [-0.05, 0) is 61.6 Å². The standard InChI is InChI=1S/C29H34N4O6/c1-19-6-4-7-21(14-19)31-27(35)17-33-23-9-3-2-8-22(23)28(36)32(29(33)37)13-5-10-26(34)30-16-20-11-12-24-25(15-20)39-18-38-24/h4,6-7,11-12,14-15,22-23H,2-3,5,8-10,13,16-18H2,1H3,(H,30,34)(H,31,35). The SMILES string of the molecule is Cc1cccc(NC(=O)CN2C(=O)N(CCCC(=O)NCc3ccc4c(c3)OCO4)C(=O)C3CCCCC32)c1. The van der Waals surface area contributed by atoms with Crippen molar-refractivity contribution in [1.29, 1.82) is 0 Å². The molecule has 39 heavy (non-hydrogen) atoms. The molecule has 2 aromatic rings. The van der Waals surface area contributed by atoms with Crippen LogP contribution in [-0.2, 0) is 20.9 Å². The number of carbonyl (C=O) groups excluding carboxylic acids is 4. The van der Waals surface area contributed by atoms with Crippen molar-refractivity contribution in [2.45, 2.75) is 58.0 Å². The van der Waals surface area contributed by atoms with Crippen molar-refractivity contribution in [2.24, 2.45) is 5.92 Å². The van der Waals surface area contributed by atoms with Gasteiger partial charge in [-0.2, -0.15) is 0 Å². The van der Waals surface area contributed by atoms with Gasteiger partial charge in [0.2, 0.25) is 24.5 Å². The molecule has 3 aliphatic rings. The molecule has 2 fully saturated rings. The zero-order valence-electron chi connectivity index (χ0n) is 22.1. The number of carbonyl (C=O) groups is 4. The number of amides is 5. The third-order valence-corrected chi connectivity index (χ3v) is 7.52. The Morgan fingerprint density at radius 1 is 1.00 bits per heavy atom. The third-order valence-electron chi connectivity index (χ3n) is 7.52. The predicted molar refractivity (Wildman–Crippen MR) is 143 cm³/mol. The zero-order valence-corrected chi connectivity index (χ0v) is 22.1. The normalized spacial score (nSPS) is 20.0. The summed E-state index contributed by atoms with van der Waals surface area (Å²) in [6.07, 6.45) is 3.74. The van der Waals surface area contributed by atoms with Gasteiger partial charge in [0, 0.05) is 31.2 Å². The van der Waals surface area contributed by atoms with Gasteiger partial charge in [0.05, 0.1) is 5.92 Å². The Morgan fingerprint density at radius 3 is 2.67 bits per heavy atom.